The second kappa shape index (κ2) is 7.23. The third kappa shape index (κ3) is 2.98. The molecule has 3 heterocycles. The highest BCUT2D eigenvalue weighted by Gasteiger charge is 2.22. The fraction of sp³-hybridized carbons (Fsp3) is 0.136. The third-order valence-corrected chi connectivity index (χ3v) is 5.18. The number of nitrogens with zero attached hydrogens (tertiary/aromatic N) is 3. The molecule has 0 amide bonds. The Morgan fingerprint density at radius 2 is 2.10 bits per heavy atom. The number of halogens is 1. The first kappa shape index (κ1) is 18.3. The van der Waals surface area contributed by atoms with Gasteiger partial charge in [-0.25, -0.2) is 4.39 Å². The van der Waals surface area contributed by atoms with Gasteiger partial charge < -0.3 is 19.1 Å². The van der Waals surface area contributed by atoms with Crippen LogP contribution in [0.15, 0.2) is 60.0 Å². The average Bonchev–Trinajstić information content (AvgIpc) is 3.04. The van der Waals surface area contributed by atoms with E-state index in [9.17, 15) is 14.4 Å². The largest absolute Gasteiger partial charge is 0.493 e. The van der Waals surface area contributed by atoms with E-state index < -0.39 is 5.82 Å². The van der Waals surface area contributed by atoms with Gasteiger partial charge in [0.1, 0.15) is 11.6 Å². The lowest BCUT2D eigenvalue weighted by Crippen LogP contribution is -2.14. The summed E-state index contributed by atoms with van der Waals surface area (Å²) in [5.74, 6) is -0.189. The van der Waals surface area contributed by atoms with Gasteiger partial charge in [0.2, 0.25) is 5.88 Å². The molecule has 0 saturated heterocycles. The average molecular weight is 405 g/mol. The monoisotopic (exact) mass is 405 g/mol. The lowest BCUT2D eigenvalue weighted by Gasteiger charge is -2.21. The summed E-state index contributed by atoms with van der Waals surface area (Å²) in [4.78, 5) is 15.6. The Hall–Kier alpha value is -3.78. The van der Waals surface area contributed by atoms with E-state index in [-0.39, 0.29) is 31.5 Å². The molecule has 2 aromatic carbocycles. The van der Waals surface area contributed by atoms with Crippen LogP contribution in [0.4, 0.5) is 10.1 Å². The van der Waals surface area contributed by atoms with Crippen LogP contribution >= 0.6 is 0 Å². The van der Waals surface area contributed by atoms with Crippen molar-refractivity contribution in [3.05, 3.63) is 76.7 Å². The van der Waals surface area contributed by atoms with Crippen LogP contribution in [-0.2, 0) is 17.9 Å². The quantitative estimate of drug-likeness (QED) is 0.490. The summed E-state index contributed by atoms with van der Waals surface area (Å²) in [6.07, 6.45) is 3.39. The van der Waals surface area contributed by atoms with Gasteiger partial charge in [0.25, 0.3) is 0 Å². The SMILES string of the molecule is O=Nc1c(O)n(Cc2cc(F)cc3c2OCOC3)c2ccc(-c3cccnc3)cc12. The molecular weight excluding hydrogens is 389 g/mol. The summed E-state index contributed by atoms with van der Waals surface area (Å²) >= 11 is 0. The number of aromatic nitrogens is 2. The molecule has 2 aromatic heterocycles. The van der Waals surface area contributed by atoms with Gasteiger partial charge in [-0.05, 0) is 41.1 Å². The lowest BCUT2D eigenvalue weighted by molar-refractivity contribution is -0.0173. The molecule has 0 fully saturated rings. The molecule has 0 saturated carbocycles. The van der Waals surface area contributed by atoms with Crippen molar-refractivity contribution in [1.29, 1.82) is 0 Å². The zero-order valence-electron chi connectivity index (χ0n) is 15.7. The third-order valence-electron chi connectivity index (χ3n) is 5.18. The molecule has 0 radical (unpaired) electrons. The number of hydrogen-bond acceptors (Lipinski definition) is 6. The predicted octanol–water partition coefficient (Wildman–Crippen LogP) is 4.86. The van der Waals surface area contributed by atoms with Crippen LogP contribution in [0.3, 0.4) is 0 Å². The van der Waals surface area contributed by atoms with Gasteiger partial charge in [-0.15, -0.1) is 4.91 Å². The molecule has 0 spiro atoms. The molecule has 4 aromatic rings. The van der Waals surface area contributed by atoms with E-state index in [4.69, 9.17) is 9.47 Å². The first-order chi connectivity index (χ1) is 14.7. The zero-order chi connectivity index (χ0) is 20.7. The molecule has 1 N–H and O–H groups in total. The second-order valence-corrected chi connectivity index (χ2v) is 6.99. The number of benzene rings is 2. The smallest absolute Gasteiger partial charge is 0.222 e. The van der Waals surface area contributed by atoms with Crippen molar-refractivity contribution in [2.24, 2.45) is 5.18 Å². The summed E-state index contributed by atoms with van der Waals surface area (Å²) in [5, 5.41) is 14.2. The summed E-state index contributed by atoms with van der Waals surface area (Å²) in [5.41, 5.74) is 3.37. The molecule has 30 heavy (non-hydrogen) atoms. The molecular formula is C22H16FN3O4. The number of rotatable bonds is 4. The van der Waals surface area contributed by atoms with Crippen LogP contribution in [0.2, 0.25) is 0 Å². The topological polar surface area (TPSA) is 85.9 Å². The second-order valence-electron chi connectivity index (χ2n) is 6.99. The fourth-order valence-electron chi connectivity index (χ4n) is 3.83. The number of pyridine rings is 1. The number of ether oxygens (including phenoxy) is 2. The molecule has 5 rings (SSSR count). The Morgan fingerprint density at radius 1 is 1.20 bits per heavy atom. The van der Waals surface area contributed by atoms with Gasteiger partial charge in [0.05, 0.1) is 18.7 Å². The van der Waals surface area contributed by atoms with Crippen LogP contribution < -0.4 is 4.74 Å². The Bertz CT molecular complexity index is 1270. The van der Waals surface area contributed by atoms with Crippen molar-refractivity contribution in [3.63, 3.8) is 0 Å². The van der Waals surface area contributed by atoms with Gasteiger partial charge in [0, 0.05) is 34.5 Å². The van der Waals surface area contributed by atoms with E-state index in [1.54, 1.807) is 24.5 Å². The van der Waals surface area contributed by atoms with E-state index in [1.165, 1.54) is 16.7 Å². The van der Waals surface area contributed by atoms with Crippen molar-refractivity contribution < 1.29 is 19.0 Å². The van der Waals surface area contributed by atoms with Crippen molar-refractivity contribution in [1.82, 2.24) is 9.55 Å². The maximum absolute atomic E-state index is 14.1. The van der Waals surface area contributed by atoms with Crippen molar-refractivity contribution in [2.45, 2.75) is 13.2 Å². The Morgan fingerprint density at radius 3 is 2.90 bits per heavy atom. The minimum absolute atomic E-state index is 0.0646. The number of nitroso groups, excluding NO2 is 1. The maximum Gasteiger partial charge on any atom is 0.222 e. The number of aromatic hydroxyl groups is 1. The van der Waals surface area contributed by atoms with Crippen molar-refractivity contribution >= 4 is 16.6 Å². The summed E-state index contributed by atoms with van der Waals surface area (Å²) < 4.78 is 26.4. The van der Waals surface area contributed by atoms with Gasteiger partial charge in [-0.1, -0.05) is 12.1 Å². The Labute approximate surface area is 170 Å². The van der Waals surface area contributed by atoms with E-state index in [2.05, 4.69) is 10.2 Å². The fourth-order valence-corrected chi connectivity index (χ4v) is 3.83. The first-order valence-corrected chi connectivity index (χ1v) is 9.26. The van der Waals surface area contributed by atoms with Crippen molar-refractivity contribution in [2.75, 3.05) is 6.79 Å². The Kier molecular flexibility index (Phi) is 4.40. The van der Waals surface area contributed by atoms with Gasteiger partial charge in [0.15, 0.2) is 12.5 Å². The highest BCUT2D eigenvalue weighted by atomic mass is 19.1. The highest BCUT2D eigenvalue weighted by Crippen LogP contribution is 2.41. The molecule has 0 unspecified atom stereocenters. The number of hydrogen-bond donors (Lipinski definition) is 1. The molecule has 0 bridgehead atoms. The van der Waals surface area contributed by atoms with E-state index in [1.807, 2.05) is 18.2 Å². The van der Waals surface area contributed by atoms with Crippen LogP contribution in [0.1, 0.15) is 11.1 Å². The highest BCUT2D eigenvalue weighted by molar-refractivity contribution is 5.97. The van der Waals surface area contributed by atoms with E-state index >= 15 is 0 Å². The van der Waals surface area contributed by atoms with Gasteiger partial charge in [-0.3, -0.25) is 4.98 Å². The maximum atomic E-state index is 14.1. The molecule has 150 valence electrons. The standard InChI is InChI=1S/C22H16FN3O4/c23-17-6-15(21-16(7-17)11-29-12-30-21)10-26-19-4-3-13(14-2-1-5-24-9-14)8-18(19)20(25-28)22(26)27/h1-9,27H,10-12H2. The van der Waals surface area contributed by atoms with Crippen molar-refractivity contribution in [3.8, 4) is 22.8 Å². The number of fused-ring (bicyclic) bond motifs is 2. The van der Waals surface area contributed by atoms with Gasteiger partial charge in [-0.2, -0.15) is 0 Å². The van der Waals surface area contributed by atoms with Gasteiger partial charge >= 0.3 is 0 Å². The van der Waals surface area contributed by atoms with Crippen LogP contribution in [0.25, 0.3) is 22.0 Å². The van der Waals surface area contributed by atoms with E-state index in [0.29, 0.717) is 27.8 Å². The summed E-state index contributed by atoms with van der Waals surface area (Å²) in [6.45, 7) is 0.415. The van der Waals surface area contributed by atoms with Crippen LogP contribution in [-0.4, -0.2) is 21.5 Å². The first-order valence-electron chi connectivity index (χ1n) is 9.26. The zero-order valence-corrected chi connectivity index (χ0v) is 15.7. The van der Waals surface area contributed by atoms with Crippen LogP contribution in [0.5, 0.6) is 11.6 Å². The molecule has 1 aliphatic heterocycles. The summed E-state index contributed by atoms with van der Waals surface area (Å²) in [6, 6.07) is 11.9. The molecule has 0 atom stereocenters. The summed E-state index contributed by atoms with van der Waals surface area (Å²) in [7, 11) is 0. The lowest BCUT2D eigenvalue weighted by atomic mass is 10.1. The molecule has 8 heteroatoms. The minimum atomic E-state index is -0.429. The molecule has 7 nitrogen and oxygen atoms in total. The Balaban J connectivity index is 1.65. The minimum Gasteiger partial charge on any atom is -0.493 e. The normalized spacial score (nSPS) is 13.1. The van der Waals surface area contributed by atoms with E-state index in [0.717, 1.165) is 11.1 Å². The molecule has 1 aliphatic rings. The molecule has 0 aliphatic carbocycles. The predicted molar refractivity (Wildman–Crippen MR) is 108 cm³/mol. The van der Waals surface area contributed by atoms with Crippen LogP contribution in [0, 0.1) is 10.7 Å².